The summed E-state index contributed by atoms with van der Waals surface area (Å²) in [6, 6.07) is 6.24. The van der Waals surface area contributed by atoms with Crippen molar-refractivity contribution in [3.63, 3.8) is 0 Å². The van der Waals surface area contributed by atoms with E-state index in [9.17, 15) is 9.18 Å². The predicted molar refractivity (Wildman–Crippen MR) is 96.1 cm³/mol. The summed E-state index contributed by atoms with van der Waals surface area (Å²) in [6.45, 7) is 6.93. The Morgan fingerprint density at radius 3 is 2.22 bits per heavy atom. The van der Waals surface area contributed by atoms with E-state index in [1.807, 2.05) is 0 Å². The molecule has 0 saturated heterocycles. The first-order valence-electron chi connectivity index (χ1n) is 8.09. The lowest BCUT2D eigenvalue weighted by Crippen LogP contribution is -2.36. The van der Waals surface area contributed by atoms with Crippen molar-refractivity contribution in [1.82, 2.24) is 5.32 Å². The zero-order chi connectivity index (χ0) is 16.6. The molecule has 1 atom stereocenters. The number of nitrogens with two attached hydrogens (primary N) is 1. The van der Waals surface area contributed by atoms with Crippen LogP contribution in [-0.2, 0) is 4.79 Å². The molecule has 1 amide bonds. The summed E-state index contributed by atoms with van der Waals surface area (Å²) in [4.78, 5) is 12.2. The number of carbonyl (C=O) groups excluding carboxylic acids is 1. The van der Waals surface area contributed by atoms with Gasteiger partial charge < -0.3 is 11.1 Å². The van der Waals surface area contributed by atoms with Gasteiger partial charge >= 0.3 is 0 Å². The van der Waals surface area contributed by atoms with Crippen LogP contribution in [0.2, 0.25) is 0 Å². The van der Waals surface area contributed by atoms with Gasteiger partial charge in [-0.05, 0) is 42.5 Å². The highest BCUT2D eigenvalue weighted by Gasteiger charge is 2.27. The summed E-state index contributed by atoms with van der Waals surface area (Å²) >= 11 is 0. The van der Waals surface area contributed by atoms with Crippen LogP contribution in [0.25, 0.3) is 0 Å². The molecule has 1 aromatic carbocycles. The van der Waals surface area contributed by atoms with E-state index < -0.39 is 0 Å². The molecule has 0 aliphatic rings. The second-order valence-electron chi connectivity index (χ2n) is 6.87. The van der Waals surface area contributed by atoms with Crippen LogP contribution in [0.15, 0.2) is 24.3 Å². The van der Waals surface area contributed by atoms with Crippen molar-refractivity contribution in [2.75, 3.05) is 6.54 Å². The number of amides is 1. The van der Waals surface area contributed by atoms with Gasteiger partial charge in [0.05, 0.1) is 6.04 Å². The Kier molecular flexibility index (Phi) is 10.1. The largest absolute Gasteiger partial charge is 0.349 e. The van der Waals surface area contributed by atoms with Crippen LogP contribution in [0, 0.1) is 11.2 Å². The van der Waals surface area contributed by atoms with Crippen LogP contribution >= 0.6 is 12.4 Å². The number of carbonyl (C=O) groups is 1. The number of hydrogen-bond acceptors (Lipinski definition) is 2. The zero-order valence-corrected chi connectivity index (χ0v) is 15.2. The number of benzene rings is 1. The van der Waals surface area contributed by atoms with Gasteiger partial charge in [-0.1, -0.05) is 45.7 Å². The number of rotatable bonds is 8. The van der Waals surface area contributed by atoms with Crippen molar-refractivity contribution in [2.24, 2.45) is 11.1 Å². The van der Waals surface area contributed by atoms with Crippen molar-refractivity contribution in [2.45, 2.75) is 58.9 Å². The molecule has 0 aromatic heterocycles. The molecule has 3 nitrogen and oxygen atoms in total. The third-order valence-electron chi connectivity index (χ3n) is 3.73. The summed E-state index contributed by atoms with van der Waals surface area (Å²) < 4.78 is 13.1. The van der Waals surface area contributed by atoms with Crippen LogP contribution in [0.1, 0.15) is 64.5 Å². The van der Waals surface area contributed by atoms with E-state index in [-0.39, 0.29) is 35.6 Å². The molecule has 0 spiro atoms. The normalized spacial score (nSPS) is 12.4. The minimum Gasteiger partial charge on any atom is -0.349 e. The van der Waals surface area contributed by atoms with Gasteiger partial charge in [0.2, 0.25) is 5.91 Å². The number of hydrogen-bond donors (Lipinski definition) is 2. The van der Waals surface area contributed by atoms with E-state index in [2.05, 4.69) is 26.1 Å². The maximum Gasteiger partial charge on any atom is 0.220 e. The lowest BCUT2D eigenvalue weighted by atomic mass is 9.82. The molecule has 0 fully saturated rings. The van der Waals surface area contributed by atoms with Crippen molar-refractivity contribution < 1.29 is 9.18 Å². The first-order valence-corrected chi connectivity index (χ1v) is 8.09. The van der Waals surface area contributed by atoms with Crippen LogP contribution in [-0.4, -0.2) is 12.5 Å². The van der Waals surface area contributed by atoms with Crippen LogP contribution < -0.4 is 11.1 Å². The Bertz CT molecular complexity index is 457. The molecule has 0 aliphatic heterocycles. The fraction of sp³-hybridized carbons (Fsp3) is 0.611. The summed E-state index contributed by atoms with van der Waals surface area (Å²) in [6.07, 6.45) is 4.53. The van der Waals surface area contributed by atoms with Crippen molar-refractivity contribution >= 4 is 18.3 Å². The van der Waals surface area contributed by atoms with E-state index >= 15 is 0 Å². The van der Waals surface area contributed by atoms with E-state index in [1.54, 1.807) is 12.1 Å². The van der Waals surface area contributed by atoms with Gasteiger partial charge in [-0.2, -0.15) is 0 Å². The summed E-state index contributed by atoms with van der Waals surface area (Å²) in [5, 5.41) is 3.10. The summed E-state index contributed by atoms with van der Waals surface area (Å²) in [5.41, 5.74) is 6.26. The molecule has 23 heavy (non-hydrogen) atoms. The molecule has 0 bridgehead atoms. The molecule has 132 valence electrons. The van der Waals surface area contributed by atoms with Gasteiger partial charge in [-0.15, -0.1) is 12.4 Å². The lowest BCUT2D eigenvalue weighted by molar-refractivity contribution is -0.122. The molecular weight excluding hydrogens is 315 g/mol. The molecular formula is C18H30ClFN2O. The maximum atomic E-state index is 13.1. The van der Waals surface area contributed by atoms with Crippen LogP contribution in [0.3, 0.4) is 0 Å². The lowest BCUT2D eigenvalue weighted by Gasteiger charge is -2.32. The minimum absolute atomic E-state index is 0. The third kappa shape index (κ3) is 8.33. The first-order chi connectivity index (χ1) is 10.3. The van der Waals surface area contributed by atoms with Crippen molar-refractivity contribution in [1.29, 1.82) is 0 Å². The smallest absolute Gasteiger partial charge is 0.220 e. The van der Waals surface area contributed by atoms with Gasteiger partial charge in [-0.3, -0.25) is 4.79 Å². The molecule has 0 heterocycles. The molecule has 1 aromatic rings. The Hall–Kier alpha value is -1.13. The van der Waals surface area contributed by atoms with Gasteiger partial charge in [0.1, 0.15) is 5.82 Å². The fourth-order valence-electron chi connectivity index (χ4n) is 2.47. The third-order valence-corrected chi connectivity index (χ3v) is 3.73. The molecule has 1 rings (SSSR count). The molecule has 0 radical (unpaired) electrons. The number of nitrogens with one attached hydrogen (secondary N) is 1. The van der Waals surface area contributed by atoms with E-state index in [0.29, 0.717) is 13.0 Å². The topological polar surface area (TPSA) is 55.1 Å². The second kappa shape index (κ2) is 10.6. The quantitative estimate of drug-likeness (QED) is 0.688. The van der Waals surface area contributed by atoms with Crippen molar-refractivity contribution in [3.05, 3.63) is 35.6 Å². The highest BCUT2D eigenvalue weighted by Crippen LogP contribution is 2.32. The van der Waals surface area contributed by atoms with Gasteiger partial charge in [0.15, 0.2) is 0 Å². The van der Waals surface area contributed by atoms with Crippen LogP contribution in [0.5, 0.6) is 0 Å². The van der Waals surface area contributed by atoms with E-state index in [0.717, 1.165) is 31.2 Å². The highest BCUT2D eigenvalue weighted by atomic mass is 35.5. The monoisotopic (exact) mass is 344 g/mol. The van der Waals surface area contributed by atoms with E-state index in [1.165, 1.54) is 12.1 Å². The fourth-order valence-corrected chi connectivity index (χ4v) is 2.47. The zero-order valence-electron chi connectivity index (χ0n) is 14.4. The van der Waals surface area contributed by atoms with Gasteiger partial charge in [-0.25, -0.2) is 4.39 Å². The van der Waals surface area contributed by atoms with Gasteiger partial charge in [0.25, 0.3) is 0 Å². The number of unbranched alkanes of at least 4 members (excludes halogenated alkanes) is 3. The molecule has 5 heteroatoms. The predicted octanol–water partition coefficient (Wildman–Crippen LogP) is 4.36. The Labute approximate surface area is 145 Å². The average molecular weight is 345 g/mol. The second-order valence-corrected chi connectivity index (χ2v) is 6.87. The Morgan fingerprint density at radius 1 is 1.13 bits per heavy atom. The Balaban J connectivity index is 0.00000484. The average Bonchev–Trinajstić information content (AvgIpc) is 2.44. The SMILES string of the molecule is CC(C)(C)C(NC(=O)CCCCCCN)c1ccc(F)cc1.Cl. The van der Waals surface area contributed by atoms with E-state index in [4.69, 9.17) is 5.73 Å². The van der Waals surface area contributed by atoms with Crippen molar-refractivity contribution in [3.8, 4) is 0 Å². The minimum atomic E-state index is -0.261. The molecule has 3 N–H and O–H groups in total. The summed E-state index contributed by atoms with van der Waals surface area (Å²) in [7, 11) is 0. The van der Waals surface area contributed by atoms with Crippen LogP contribution in [0.4, 0.5) is 4.39 Å². The Morgan fingerprint density at radius 2 is 1.70 bits per heavy atom. The molecule has 0 saturated carbocycles. The standard InChI is InChI=1S/C18H29FN2O.ClH/c1-18(2,3)17(14-9-11-15(19)12-10-14)21-16(22)8-6-4-5-7-13-20;/h9-12,17H,4-8,13,20H2,1-3H3,(H,21,22);1H. The van der Waals surface area contributed by atoms with Gasteiger partial charge in [0, 0.05) is 6.42 Å². The molecule has 1 unspecified atom stereocenters. The molecule has 0 aliphatic carbocycles. The first kappa shape index (κ1) is 21.9. The maximum absolute atomic E-state index is 13.1. The highest BCUT2D eigenvalue weighted by molar-refractivity contribution is 5.85. The number of halogens is 2. The summed E-state index contributed by atoms with van der Waals surface area (Å²) in [5.74, 6) is -0.209.